The Morgan fingerprint density at radius 2 is 1.88 bits per heavy atom. The maximum Gasteiger partial charge on any atom is 0.306 e. The normalized spacial score (nSPS) is 15.0. The second-order valence-electron chi connectivity index (χ2n) is 9.84. The van der Waals surface area contributed by atoms with E-state index in [1.54, 1.807) is 17.4 Å². The summed E-state index contributed by atoms with van der Waals surface area (Å²) in [5.41, 5.74) is 7.70. The summed E-state index contributed by atoms with van der Waals surface area (Å²) in [5, 5.41) is 0. The van der Waals surface area contributed by atoms with Crippen LogP contribution in [0.4, 0.5) is 0 Å². The standard InChI is InChI=1S/C29H38O3S/c1-7-21-17-20(16-19(4)22(21)11-13-27(31)32-9-3)10-12-25(30)28-23-14-15-29(5,6)18-24(23)26(8-2)33-28/h10,12,16-17H,7-9,11,13-15,18H2,1-6H3. The Morgan fingerprint density at radius 3 is 2.55 bits per heavy atom. The van der Waals surface area contributed by atoms with Crippen LogP contribution in [0.2, 0.25) is 0 Å². The summed E-state index contributed by atoms with van der Waals surface area (Å²) in [6.45, 7) is 13.3. The highest BCUT2D eigenvalue weighted by Crippen LogP contribution is 2.42. The van der Waals surface area contributed by atoms with Gasteiger partial charge in [0.05, 0.1) is 11.5 Å². The molecule has 0 fully saturated rings. The lowest BCUT2D eigenvalue weighted by Gasteiger charge is -2.30. The summed E-state index contributed by atoms with van der Waals surface area (Å²) < 4.78 is 5.08. The predicted molar refractivity (Wildman–Crippen MR) is 138 cm³/mol. The number of thiophene rings is 1. The second-order valence-corrected chi connectivity index (χ2v) is 10.9. The third kappa shape index (κ3) is 6.03. The molecule has 1 aliphatic carbocycles. The van der Waals surface area contributed by atoms with Gasteiger partial charge in [0.15, 0.2) is 5.78 Å². The predicted octanol–water partition coefficient (Wildman–Crippen LogP) is 7.09. The van der Waals surface area contributed by atoms with Gasteiger partial charge in [0.25, 0.3) is 0 Å². The number of carbonyl (C=O) groups is 2. The van der Waals surface area contributed by atoms with Gasteiger partial charge in [0.1, 0.15) is 0 Å². The number of rotatable bonds is 9. The highest BCUT2D eigenvalue weighted by atomic mass is 32.1. The van der Waals surface area contributed by atoms with Gasteiger partial charge in [0.2, 0.25) is 0 Å². The first-order valence-electron chi connectivity index (χ1n) is 12.3. The number of esters is 1. The van der Waals surface area contributed by atoms with Crippen LogP contribution in [-0.2, 0) is 41.6 Å². The van der Waals surface area contributed by atoms with E-state index < -0.39 is 0 Å². The smallest absolute Gasteiger partial charge is 0.306 e. The number of hydrogen-bond donors (Lipinski definition) is 0. The molecule has 178 valence electrons. The third-order valence-electron chi connectivity index (χ3n) is 6.73. The molecule has 1 heterocycles. The Balaban J connectivity index is 1.81. The van der Waals surface area contributed by atoms with Crippen LogP contribution in [0.1, 0.15) is 95.4 Å². The van der Waals surface area contributed by atoms with Gasteiger partial charge in [-0.25, -0.2) is 0 Å². The van der Waals surface area contributed by atoms with E-state index in [1.807, 2.05) is 13.0 Å². The fourth-order valence-corrected chi connectivity index (χ4v) is 6.16. The van der Waals surface area contributed by atoms with Crippen molar-refractivity contribution < 1.29 is 14.3 Å². The lowest BCUT2D eigenvalue weighted by molar-refractivity contribution is -0.143. The van der Waals surface area contributed by atoms with E-state index in [0.29, 0.717) is 24.9 Å². The van der Waals surface area contributed by atoms with Crippen molar-refractivity contribution >= 4 is 29.2 Å². The maximum absolute atomic E-state index is 13.2. The maximum atomic E-state index is 13.2. The van der Waals surface area contributed by atoms with Gasteiger partial charge < -0.3 is 4.74 Å². The van der Waals surface area contributed by atoms with E-state index >= 15 is 0 Å². The molecule has 0 unspecified atom stereocenters. The minimum atomic E-state index is -0.150. The molecule has 0 N–H and O–H groups in total. The van der Waals surface area contributed by atoms with Crippen LogP contribution in [-0.4, -0.2) is 18.4 Å². The third-order valence-corrected chi connectivity index (χ3v) is 8.17. The molecule has 1 aliphatic rings. The van der Waals surface area contributed by atoms with Gasteiger partial charge in [-0.2, -0.15) is 0 Å². The first kappa shape index (κ1) is 25.4. The molecular weight excluding hydrogens is 428 g/mol. The van der Waals surface area contributed by atoms with E-state index in [1.165, 1.54) is 27.1 Å². The summed E-state index contributed by atoms with van der Waals surface area (Å²) in [5.74, 6) is -0.0274. The first-order valence-corrected chi connectivity index (χ1v) is 13.1. The molecule has 1 aromatic carbocycles. The van der Waals surface area contributed by atoms with Crippen LogP contribution in [0, 0.1) is 12.3 Å². The molecule has 3 nitrogen and oxygen atoms in total. The Bertz CT molecular complexity index is 1060. The van der Waals surface area contributed by atoms with Gasteiger partial charge in [0, 0.05) is 11.3 Å². The van der Waals surface area contributed by atoms with E-state index in [2.05, 4.69) is 46.8 Å². The summed E-state index contributed by atoms with van der Waals surface area (Å²) in [4.78, 5) is 27.3. The number of benzene rings is 1. The largest absolute Gasteiger partial charge is 0.466 e. The molecule has 0 bridgehead atoms. The van der Waals surface area contributed by atoms with Crippen molar-refractivity contribution in [3.8, 4) is 0 Å². The van der Waals surface area contributed by atoms with Crippen LogP contribution < -0.4 is 0 Å². The van der Waals surface area contributed by atoms with Crippen molar-refractivity contribution in [2.75, 3.05) is 6.61 Å². The fraction of sp³-hybridized carbons (Fsp3) is 0.517. The molecule has 0 aliphatic heterocycles. The summed E-state index contributed by atoms with van der Waals surface area (Å²) in [6.07, 6.45) is 9.88. The molecule has 33 heavy (non-hydrogen) atoms. The lowest BCUT2D eigenvalue weighted by atomic mass is 9.74. The summed E-state index contributed by atoms with van der Waals surface area (Å²) in [7, 11) is 0. The molecule has 1 aromatic heterocycles. The van der Waals surface area contributed by atoms with Gasteiger partial charge in [-0.05, 0) is 97.2 Å². The Morgan fingerprint density at radius 1 is 1.12 bits per heavy atom. The average molecular weight is 467 g/mol. The molecule has 0 atom stereocenters. The van der Waals surface area contributed by atoms with E-state index in [9.17, 15) is 9.59 Å². The number of ether oxygens (including phenoxy) is 1. The molecule has 2 aromatic rings. The van der Waals surface area contributed by atoms with Gasteiger partial charge >= 0.3 is 5.97 Å². The van der Waals surface area contributed by atoms with E-state index in [-0.39, 0.29) is 11.8 Å². The molecule has 0 radical (unpaired) electrons. The number of hydrogen-bond acceptors (Lipinski definition) is 4. The minimum absolute atomic E-state index is 0.123. The molecule has 4 heteroatoms. The Kier molecular flexibility index (Phi) is 8.33. The van der Waals surface area contributed by atoms with Crippen LogP contribution in [0.5, 0.6) is 0 Å². The molecule has 0 saturated carbocycles. The highest BCUT2D eigenvalue weighted by molar-refractivity contribution is 7.14. The van der Waals surface area contributed by atoms with Crippen molar-refractivity contribution in [1.82, 2.24) is 0 Å². The zero-order valence-corrected chi connectivity index (χ0v) is 21.9. The summed E-state index contributed by atoms with van der Waals surface area (Å²) in [6, 6.07) is 4.27. The SMILES string of the molecule is CCOC(=O)CCc1c(C)cc(C=CC(=O)c2sc(CC)c3c2CCC(C)(C)C3)cc1CC. The number of fused-ring (bicyclic) bond motifs is 1. The molecule has 0 spiro atoms. The molecule has 3 rings (SSSR count). The van der Waals surface area contributed by atoms with Gasteiger partial charge in [-0.3, -0.25) is 9.59 Å². The number of carbonyl (C=O) groups excluding carboxylic acids is 2. The first-order chi connectivity index (χ1) is 15.7. The van der Waals surface area contributed by atoms with E-state index in [4.69, 9.17) is 4.74 Å². The lowest BCUT2D eigenvalue weighted by Crippen LogP contribution is -2.22. The van der Waals surface area contributed by atoms with Crippen LogP contribution in [0.3, 0.4) is 0 Å². The van der Waals surface area contributed by atoms with E-state index in [0.717, 1.165) is 48.1 Å². The monoisotopic (exact) mass is 466 g/mol. The van der Waals surface area contributed by atoms with Gasteiger partial charge in [-0.1, -0.05) is 45.9 Å². The topological polar surface area (TPSA) is 43.4 Å². The quantitative estimate of drug-likeness (QED) is 0.225. The van der Waals surface area contributed by atoms with Crippen molar-refractivity contribution in [2.24, 2.45) is 5.41 Å². The zero-order chi connectivity index (χ0) is 24.2. The zero-order valence-electron chi connectivity index (χ0n) is 21.1. The highest BCUT2D eigenvalue weighted by Gasteiger charge is 2.31. The Labute approximate surface area is 203 Å². The molecular formula is C29H38O3S. The Hall–Kier alpha value is -2.20. The second kappa shape index (κ2) is 10.8. The average Bonchev–Trinajstić information content (AvgIpc) is 3.13. The van der Waals surface area contributed by atoms with Crippen molar-refractivity contribution in [2.45, 2.75) is 86.5 Å². The van der Waals surface area contributed by atoms with Crippen LogP contribution >= 0.6 is 11.3 Å². The minimum Gasteiger partial charge on any atom is -0.466 e. The van der Waals surface area contributed by atoms with Crippen molar-refractivity contribution in [1.29, 1.82) is 0 Å². The van der Waals surface area contributed by atoms with Crippen LogP contribution in [0.25, 0.3) is 6.08 Å². The fourth-order valence-electron chi connectivity index (χ4n) is 4.93. The van der Waals surface area contributed by atoms with Gasteiger partial charge in [-0.15, -0.1) is 11.3 Å². The number of aryl methyl sites for hydroxylation is 3. The van der Waals surface area contributed by atoms with Crippen molar-refractivity contribution in [3.05, 3.63) is 61.3 Å². The number of ketones is 1. The summed E-state index contributed by atoms with van der Waals surface area (Å²) >= 11 is 1.70. The number of allylic oxidation sites excluding steroid dienone is 1. The van der Waals surface area contributed by atoms with Crippen LogP contribution in [0.15, 0.2) is 18.2 Å². The van der Waals surface area contributed by atoms with Crippen molar-refractivity contribution in [3.63, 3.8) is 0 Å². The molecule has 0 saturated heterocycles. The molecule has 0 amide bonds.